The summed E-state index contributed by atoms with van der Waals surface area (Å²) in [6.45, 7) is 3.19. The molecule has 3 rings (SSSR count). The van der Waals surface area contributed by atoms with Crippen molar-refractivity contribution in [3.8, 4) is 0 Å². The van der Waals surface area contributed by atoms with Crippen LogP contribution in [0.2, 0.25) is 0 Å². The van der Waals surface area contributed by atoms with Crippen LogP contribution in [-0.4, -0.2) is 35.3 Å². The van der Waals surface area contributed by atoms with Crippen LogP contribution in [-0.2, 0) is 6.54 Å². The van der Waals surface area contributed by atoms with Gasteiger partial charge in [0, 0.05) is 35.9 Å². The van der Waals surface area contributed by atoms with Crippen molar-refractivity contribution in [1.82, 2.24) is 10.2 Å². The van der Waals surface area contributed by atoms with E-state index in [1.54, 1.807) is 48.5 Å². The maximum Gasteiger partial charge on any atom is 0.312 e. The molecule has 7 heteroatoms. The van der Waals surface area contributed by atoms with Gasteiger partial charge >= 0.3 is 6.03 Å². The first kappa shape index (κ1) is 20.4. The zero-order valence-electron chi connectivity index (χ0n) is 16.5. The van der Waals surface area contributed by atoms with E-state index >= 15 is 0 Å². The van der Waals surface area contributed by atoms with Gasteiger partial charge in [0.05, 0.1) is 0 Å². The molecule has 1 heterocycles. The number of nitrogens with one attached hydrogen (secondary N) is 2. The topological polar surface area (TPSA) is 105 Å². The lowest BCUT2D eigenvalue weighted by atomic mass is 10.0. The van der Waals surface area contributed by atoms with Crippen molar-refractivity contribution >= 4 is 23.5 Å². The van der Waals surface area contributed by atoms with Crippen LogP contribution in [0.4, 0.5) is 10.5 Å². The average molecular weight is 394 g/mol. The Morgan fingerprint density at radius 1 is 1.00 bits per heavy atom. The number of piperidine rings is 1. The van der Waals surface area contributed by atoms with E-state index < -0.39 is 6.03 Å². The molecule has 2 aromatic rings. The minimum atomic E-state index is -0.594. The number of urea groups is 1. The quantitative estimate of drug-likeness (QED) is 0.726. The molecule has 2 aromatic carbocycles. The summed E-state index contributed by atoms with van der Waals surface area (Å²) in [6.07, 6.45) is 3.25. The summed E-state index contributed by atoms with van der Waals surface area (Å²) in [5.41, 5.74) is 7.63. The summed E-state index contributed by atoms with van der Waals surface area (Å²) in [5, 5.41) is 5.33. The molecule has 4 N–H and O–H groups in total. The van der Waals surface area contributed by atoms with Crippen molar-refractivity contribution in [3.63, 3.8) is 0 Å². The van der Waals surface area contributed by atoms with E-state index in [0.29, 0.717) is 23.4 Å². The summed E-state index contributed by atoms with van der Waals surface area (Å²) in [6, 6.07) is 13.5. The number of nitrogens with two attached hydrogens (primary N) is 1. The van der Waals surface area contributed by atoms with Crippen molar-refractivity contribution in [2.24, 2.45) is 5.73 Å². The molecule has 7 nitrogen and oxygen atoms in total. The van der Waals surface area contributed by atoms with E-state index in [1.165, 1.54) is 6.42 Å². The highest BCUT2D eigenvalue weighted by molar-refractivity contribution is 6.04. The molecule has 29 heavy (non-hydrogen) atoms. The Morgan fingerprint density at radius 3 is 2.28 bits per heavy atom. The zero-order valence-corrected chi connectivity index (χ0v) is 16.5. The number of carbonyl (C=O) groups is 3. The normalized spacial score (nSPS) is 16.2. The Kier molecular flexibility index (Phi) is 6.49. The van der Waals surface area contributed by atoms with Gasteiger partial charge < -0.3 is 21.3 Å². The molecule has 0 bridgehead atoms. The molecule has 4 amide bonds. The van der Waals surface area contributed by atoms with Gasteiger partial charge in [0.2, 0.25) is 0 Å². The summed E-state index contributed by atoms with van der Waals surface area (Å²) < 4.78 is 0. The maximum atomic E-state index is 12.7. The fourth-order valence-electron chi connectivity index (χ4n) is 3.43. The van der Waals surface area contributed by atoms with Gasteiger partial charge in [-0.3, -0.25) is 9.59 Å². The lowest BCUT2D eigenvalue weighted by molar-refractivity contribution is 0.0635. The SMILES string of the molecule is CC1CCCCN1C(=O)c1ccc(NC(=O)c2ccc(CNC(N)=O)cc2)cc1. The first-order valence-corrected chi connectivity index (χ1v) is 9.78. The van der Waals surface area contributed by atoms with Gasteiger partial charge in [-0.25, -0.2) is 4.79 Å². The third-order valence-electron chi connectivity index (χ3n) is 5.14. The zero-order chi connectivity index (χ0) is 20.8. The van der Waals surface area contributed by atoms with Gasteiger partial charge in [-0.05, 0) is 68.1 Å². The van der Waals surface area contributed by atoms with Crippen LogP contribution in [0.3, 0.4) is 0 Å². The first-order chi connectivity index (χ1) is 13.9. The van der Waals surface area contributed by atoms with Crippen molar-refractivity contribution in [2.45, 2.75) is 38.8 Å². The van der Waals surface area contributed by atoms with Crippen LogP contribution in [0.15, 0.2) is 48.5 Å². The Balaban J connectivity index is 1.59. The summed E-state index contributed by atoms with van der Waals surface area (Å²) in [4.78, 5) is 37.8. The molecule has 0 spiro atoms. The van der Waals surface area contributed by atoms with Gasteiger partial charge in [-0.1, -0.05) is 12.1 Å². The van der Waals surface area contributed by atoms with Crippen molar-refractivity contribution in [2.75, 3.05) is 11.9 Å². The molecule has 0 aliphatic carbocycles. The van der Waals surface area contributed by atoms with E-state index in [9.17, 15) is 14.4 Å². The molecule has 1 atom stereocenters. The summed E-state index contributed by atoms with van der Waals surface area (Å²) in [5.74, 6) is -0.210. The van der Waals surface area contributed by atoms with Crippen LogP contribution in [0, 0.1) is 0 Å². The predicted octanol–water partition coefficient (Wildman–Crippen LogP) is 3.12. The van der Waals surface area contributed by atoms with E-state index in [0.717, 1.165) is 24.9 Å². The Hall–Kier alpha value is -3.35. The average Bonchev–Trinajstić information content (AvgIpc) is 2.73. The van der Waals surface area contributed by atoms with Crippen LogP contribution in [0.25, 0.3) is 0 Å². The Labute approximate surface area is 170 Å². The van der Waals surface area contributed by atoms with Gasteiger partial charge in [-0.15, -0.1) is 0 Å². The molecule has 0 radical (unpaired) electrons. The van der Waals surface area contributed by atoms with Crippen molar-refractivity contribution in [3.05, 3.63) is 65.2 Å². The second kappa shape index (κ2) is 9.23. The van der Waals surface area contributed by atoms with Gasteiger partial charge in [0.25, 0.3) is 11.8 Å². The first-order valence-electron chi connectivity index (χ1n) is 9.78. The van der Waals surface area contributed by atoms with E-state index in [1.807, 2.05) is 4.90 Å². The van der Waals surface area contributed by atoms with Crippen molar-refractivity contribution < 1.29 is 14.4 Å². The van der Waals surface area contributed by atoms with E-state index in [4.69, 9.17) is 5.73 Å². The fourth-order valence-corrected chi connectivity index (χ4v) is 3.43. The summed E-state index contributed by atoms with van der Waals surface area (Å²) >= 11 is 0. The Bertz CT molecular complexity index is 878. The molecular formula is C22H26N4O3. The number of carbonyl (C=O) groups excluding carboxylic acids is 3. The van der Waals surface area contributed by atoms with Crippen LogP contribution >= 0.6 is 0 Å². The van der Waals surface area contributed by atoms with E-state index in [2.05, 4.69) is 17.6 Å². The highest BCUT2D eigenvalue weighted by Crippen LogP contribution is 2.20. The lowest BCUT2D eigenvalue weighted by Crippen LogP contribution is -2.42. The molecule has 0 aromatic heterocycles. The van der Waals surface area contributed by atoms with Gasteiger partial charge in [0.15, 0.2) is 0 Å². The smallest absolute Gasteiger partial charge is 0.312 e. The molecule has 1 aliphatic rings. The number of hydrogen-bond acceptors (Lipinski definition) is 3. The summed E-state index contributed by atoms with van der Waals surface area (Å²) in [7, 11) is 0. The largest absolute Gasteiger partial charge is 0.352 e. The van der Waals surface area contributed by atoms with Crippen LogP contribution < -0.4 is 16.4 Å². The Morgan fingerprint density at radius 2 is 1.66 bits per heavy atom. The highest BCUT2D eigenvalue weighted by Gasteiger charge is 2.24. The third kappa shape index (κ3) is 5.34. The van der Waals surface area contributed by atoms with Crippen LogP contribution in [0.1, 0.15) is 52.5 Å². The standard InChI is InChI=1S/C22H26N4O3/c1-15-4-2-3-13-26(15)21(28)18-9-11-19(12-10-18)25-20(27)17-7-5-16(6-8-17)14-24-22(23)29/h5-12,15H,2-4,13-14H2,1H3,(H,25,27)(H3,23,24,29). The maximum absolute atomic E-state index is 12.7. The number of primary amides is 1. The van der Waals surface area contributed by atoms with E-state index in [-0.39, 0.29) is 17.9 Å². The number of rotatable bonds is 5. The monoisotopic (exact) mass is 394 g/mol. The number of likely N-dealkylation sites (tertiary alicyclic amines) is 1. The number of anilines is 1. The molecule has 1 unspecified atom stereocenters. The number of nitrogens with zero attached hydrogens (tertiary/aromatic N) is 1. The molecule has 1 aliphatic heterocycles. The third-order valence-corrected chi connectivity index (χ3v) is 5.14. The second-order valence-corrected chi connectivity index (χ2v) is 7.29. The lowest BCUT2D eigenvalue weighted by Gasteiger charge is -2.33. The second-order valence-electron chi connectivity index (χ2n) is 7.29. The fraction of sp³-hybridized carbons (Fsp3) is 0.318. The molecule has 1 saturated heterocycles. The minimum absolute atomic E-state index is 0.0373. The molecule has 152 valence electrons. The molecule has 1 fully saturated rings. The highest BCUT2D eigenvalue weighted by atomic mass is 16.2. The van der Waals surface area contributed by atoms with Crippen LogP contribution in [0.5, 0.6) is 0 Å². The predicted molar refractivity (Wildman–Crippen MR) is 112 cm³/mol. The molecular weight excluding hydrogens is 368 g/mol. The van der Waals surface area contributed by atoms with Gasteiger partial charge in [-0.2, -0.15) is 0 Å². The molecule has 0 saturated carbocycles. The number of amides is 4. The number of hydrogen-bond donors (Lipinski definition) is 3. The number of benzene rings is 2. The van der Waals surface area contributed by atoms with Crippen molar-refractivity contribution in [1.29, 1.82) is 0 Å². The minimum Gasteiger partial charge on any atom is -0.352 e. The van der Waals surface area contributed by atoms with Gasteiger partial charge in [0.1, 0.15) is 0 Å².